The summed E-state index contributed by atoms with van der Waals surface area (Å²) in [6.07, 6.45) is 1.65. The van der Waals surface area contributed by atoms with Crippen molar-refractivity contribution in [3.63, 3.8) is 0 Å². The van der Waals surface area contributed by atoms with Crippen LogP contribution in [0.3, 0.4) is 0 Å². The highest BCUT2D eigenvalue weighted by Crippen LogP contribution is 2.18. The molecule has 0 bridgehead atoms. The van der Waals surface area contributed by atoms with Gasteiger partial charge in [0.1, 0.15) is 11.9 Å². The molecule has 19 heavy (non-hydrogen) atoms. The second kappa shape index (κ2) is 8.94. The Hall–Kier alpha value is -1.06. The van der Waals surface area contributed by atoms with E-state index in [0.29, 0.717) is 25.7 Å². The van der Waals surface area contributed by atoms with Crippen LogP contribution in [0.2, 0.25) is 0 Å². The Labute approximate surface area is 116 Å². The third-order valence-corrected chi connectivity index (χ3v) is 2.92. The van der Waals surface area contributed by atoms with E-state index in [-0.39, 0.29) is 0 Å². The zero-order chi connectivity index (χ0) is 14.1. The van der Waals surface area contributed by atoms with Gasteiger partial charge in [-0.1, -0.05) is 26.0 Å². The quantitative estimate of drug-likeness (QED) is 0.694. The standard InChI is InChI=1S/C16H26O3/c1-4-19-15-9-7-14(8-10-15)16(17)12-18-11-5-6-13(2)3/h7-10,13,16-17H,4-6,11-12H2,1-3H3. The molecule has 0 amide bonds. The molecule has 1 aromatic carbocycles. The van der Waals surface area contributed by atoms with Gasteiger partial charge in [-0.15, -0.1) is 0 Å². The molecule has 1 unspecified atom stereocenters. The van der Waals surface area contributed by atoms with Crippen LogP contribution in [0.5, 0.6) is 5.75 Å². The van der Waals surface area contributed by atoms with E-state index in [0.717, 1.165) is 17.7 Å². The van der Waals surface area contributed by atoms with Crippen molar-refractivity contribution >= 4 is 0 Å². The van der Waals surface area contributed by atoms with Crippen LogP contribution in [0, 0.1) is 5.92 Å². The molecular weight excluding hydrogens is 240 g/mol. The van der Waals surface area contributed by atoms with Crippen molar-refractivity contribution in [1.29, 1.82) is 0 Å². The number of hydrogen-bond donors (Lipinski definition) is 1. The van der Waals surface area contributed by atoms with Crippen LogP contribution in [-0.4, -0.2) is 24.9 Å². The Kier molecular flexibility index (Phi) is 7.53. The molecule has 0 fully saturated rings. The van der Waals surface area contributed by atoms with Crippen LogP contribution in [0.4, 0.5) is 0 Å². The van der Waals surface area contributed by atoms with Crippen molar-refractivity contribution in [2.75, 3.05) is 19.8 Å². The molecule has 3 heteroatoms. The summed E-state index contributed by atoms with van der Waals surface area (Å²) in [5.74, 6) is 1.54. The molecule has 0 spiro atoms. The summed E-state index contributed by atoms with van der Waals surface area (Å²) in [4.78, 5) is 0. The summed E-state index contributed by atoms with van der Waals surface area (Å²) in [5.41, 5.74) is 0.868. The zero-order valence-corrected chi connectivity index (χ0v) is 12.3. The van der Waals surface area contributed by atoms with Gasteiger partial charge in [0.05, 0.1) is 13.2 Å². The lowest BCUT2D eigenvalue weighted by atomic mass is 10.1. The van der Waals surface area contributed by atoms with Crippen LogP contribution in [0.15, 0.2) is 24.3 Å². The van der Waals surface area contributed by atoms with Crippen LogP contribution in [0.1, 0.15) is 45.3 Å². The van der Waals surface area contributed by atoms with E-state index < -0.39 is 6.10 Å². The van der Waals surface area contributed by atoms with E-state index in [1.807, 2.05) is 31.2 Å². The molecular formula is C16H26O3. The van der Waals surface area contributed by atoms with E-state index >= 15 is 0 Å². The Morgan fingerprint density at radius 1 is 1.16 bits per heavy atom. The number of ether oxygens (including phenoxy) is 2. The van der Waals surface area contributed by atoms with Gasteiger partial charge in [-0.25, -0.2) is 0 Å². The lowest BCUT2D eigenvalue weighted by Crippen LogP contribution is -2.08. The highest BCUT2D eigenvalue weighted by Gasteiger charge is 2.07. The number of aliphatic hydroxyl groups excluding tert-OH is 1. The van der Waals surface area contributed by atoms with Gasteiger partial charge in [-0.05, 0) is 43.4 Å². The minimum atomic E-state index is -0.560. The molecule has 0 aromatic heterocycles. The molecule has 0 aliphatic carbocycles. The molecule has 1 atom stereocenters. The summed E-state index contributed by atoms with van der Waals surface area (Å²) >= 11 is 0. The minimum absolute atomic E-state index is 0.353. The fraction of sp³-hybridized carbons (Fsp3) is 0.625. The second-order valence-corrected chi connectivity index (χ2v) is 5.13. The Balaban J connectivity index is 2.26. The fourth-order valence-corrected chi connectivity index (χ4v) is 1.84. The summed E-state index contributed by atoms with van der Waals surface area (Å²) in [5, 5.41) is 9.98. The van der Waals surface area contributed by atoms with Gasteiger partial charge in [-0.2, -0.15) is 0 Å². The average molecular weight is 266 g/mol. The van der Waals surface area contributed by atoms with E-state index in [1.54, 1.807) is 0 Å². The molecule has 1 rings (SSSR count). The van der Waals surface area contributed by atoms with Crippen LogP contribution in [0.25, 0.3) is 0 Å². The molecule has 0 aliphatic rings. The van der Waals surface area contributed by atoms with E-state index in [4.69, 9.17) is 9.47 Å². The molecule has 0 aliphatic heterocycles. The van der Waals surface area contributed by atoms with Crippen molar-refractivity contribution < 1.29 is 14.6 Å². The van der Waals surface area contributed by atoms with Gasteiger partial charge >= 0.3 is 0 Å². The topological polar surface area (TPSA) is 38.7 Å². The zero-order valence-electron chi connectivity index (χ0n) is 12.3. The molecule has 0 saturated carbocycles. The average Bonchev–Trinajstić information content (AvgIpc) is 2.39. The molecule has 108 valence electrons. The molecule has 1 N–H and O–H groups in total. The van der Waals surface area contributed by atoms with Crippen LogP contribution < -0.4 is 4.74 Å². The fourth-order valence-electron chi connectivity index (χ4n) is 1.84. The van der Waals surface area contributed by atoms with Gasteiger partial charge in [0, 0.05) is 6.61 Å². The van der Waals surface area contributed by atoms with Gasteiger partial charge < -0.3 is 14.6 Å². The number of hydrogen-bond acceptors (Lipinski definition) is 3. The Bertz CT molecular complexity index is 332. The highest BCUT2D eigenvalue weighted by atomic mass is 16.5. The first-order valence-electron chi connectivity index (χ1n) is 7.12. The normalized spacial score (nSPS) is 12.7. The monoisotopic (exact) mass is 266 g/mol. The molecule has 0 heterocycles. The number of aliphatic hydroxyl groups is 1. The molecule has 1 aromatic rings. The first-order chi connectivity index (χ1) is 9.13. The van der Waals surface area contributed by atoms with E-state index in [1.165, 1.54) is 6.42 Å². The van der Waals surface area contributed by atoms with Gasteiger partial charge in [0.2, 0.25) is 0 Å². The smallest absolute Gasteiger partial charge is 0.119 e. The van der Waals surface area contributed by atoms with Crippen molar-refractivity contribution in [3.8, 4) is 5.75 Å². The van der Waals surface area contributed by atoms with E-state index in [9.17, 15) is 5.11 Å². The summed E-state index contributed by atoms with van der Waals surface area (Å²) in [6.45, 7) is 8.08. The van der Waals surface area contributed by atoms with Crippen molar-refractivity contribution in [3.05, 3.63) is 29.8 Å². The predicted molar refractivity (Wildman–Crippen MR) is 77.5 cm³/mol. The van der Waals surface area contributed by atoms with Gasteiger partial charge in [-0.3, -0.25) is 0 Å². The molecule has 0 saturated heterocycles. The SMILES string of the molecule is CCOc1ccc(C(O)COCCCC(C)C)cc1. The number of benzene rings is 1. The van der Waals surface area contributed by atoms with Crippen LogP contribution in [-0.2, 0) is 4.74 Å². The molecule has 3 nitrogen and oxygen atoms in total. The lowest BCUT2D eigenvalue weighted by molar-refractivity contribution is 0.0337. The summed E-state index contributed by atoms with van der Waals surface area (Å²) in [7, 11) is 0. The largest absolute Gasteiger partial charge is 0.494 e. The lowest BCUT2D eigenvalue weighted by Gasteiger charge is -2.13. The highest BCUT2D eigenvalue weighted by molar-refractivity contribution is 5.28. The predicted octanol–water partition coefficient (Wildman–Crippen LogP) is 3.57. The second-order valence-electron chi connectivity index (χ2n) is 5.13. The van der Waals surface area contributed by atoms with Gasteiger partial charge in [0.25, 0.3) is 0 Å². The number of rotatable bonds is 9. The third-order valence-electron chi connectivity index (χ3n) is 2.92. The Morgan fingerprint density at radius 2 is 1.84 bits per heavy atom. The summed E-state index contributed by atoms with van der Waals surface area (Å²) < 4.78 is 10.9. The molecule has 0 radical (unpaired) electrons. The Morgan fingerprint density at radius 3 is 2.42 bits per heavy atom. The first kappa shape index (κ1) is 16.0. The van der Waals surface area contributed by atoms with Crippen molar-refractivity contribution in [2.24, 2.45) is 5.92 Å². The van der Waals surface area contributed by atoms with Crippen molar-refractivity contribution in [1.82, 2.24) is 0 Å². The maximum atomic E-state index is 9.98. The van der Waals surface area contributed by atoms with Crippen molar-refractivity contribution in [2.45, 2.75) is 39.7 Å². The summed E-state index contributed by atoms with van der Waals surface area (Å²) in [6, 6.07) is 7.52. The van der Waals surface area contributed by atoms with Crippen LogP contribution >= 0.6 is 0 Å². The third kappa shape index (κ3) is 6.60. The minimum Gasteiger partial charge on any atom is -0.494 e. The van der Waals surface area contributed by atoms with Gasteiger partial charge in [0.15, 0.2) is 0 Å². The first-order valence-corrected chi connectivity index (χ1v) is 7.12. The maximum Gasteiger partial charge on any atom is 0.119 e. The maximum absolute atomic E-state index is 9.98. The van der Waals surface area contributed by atoms with E-state index in [2.05, 4.69) is 13.8 Å².